The maximum atomic E-state index is 5.44. The zero-order valence-electron chi connectivity index (χ0n) is 18.0. The van der Waals surface area contributed by atoms with Crippen LogP contribution in [0.4, 0.5) is 0 Å². The molecule has 8 heteroatoms. The number of benzene rings is 2. The van der Waals surface area contributed by atoms with Gasteiger partial charge >= 0.3 is 0 Å². The summed E-state index contributed by atoms with van der Waals surface area (Å²) in [6, 6.07) is 11.9. The minimum absolute atomic E-state index is 0.0996. The fourth-order valence-corrected chi connectivity index (χ4v) is 3.17. The molecule has 0 saturated heterocycles. The van der Waals surface area contributed by atoms with Crippen molar-refractivity contribution in [1.82, 2.24) is 14.9 Å². The molecule has 0 fully saturated rings. The first-order chi connectivity index (χ1) is 14.3. The molecule has 0 amide bonds. The number of nitrogens with zero attached hydrogens (tertiary/aromatic N) is 3. The average molecular weight is 427 g/mol. The molecule has 0 saturated carbocycles. The van der Waals surface area contributed by atoms with Gasteiger partial charge in [-0.15, -0.1) is 0 Å². The number of hydrogen-bond acceptors (Lipinski definition) is 6. The van der Waals surface area contributed by atoms with E-state index in [2.05, 4.69) is 48.2 Å². The topological polar surface area (TPSA) is 73.7 Å². The second-order valence-electron chi connectivity index (χ2n) is 7.69. The predicted molar refractivity (Wildman–Crippen MR) is 121 cm³/mol. The van der Waals surface area contributed by atoms with E-state index >= 15 is 0 Å². The van der Waals surface area contributed by atoms with Gasteiger partial charge in [-0.3, -0.25) is 0 Å². The molecule has 30 heavy (non-hydrogen) atoms. The summed E-state index contributed by atoms with van der Waals surface area (Å²) in [5.74, 6) is 2.08. The van der Waals surface area contributed by atoms with E-state index in [9.17, 15) is 0 Å². The first-order valence-electron chi connectivity index (χ1n) is 9.41. The zero-order chi connectivity index (χ0) is 21.9. The monoisotopic (exact) mass is 426 g/mol. The van der Waals surface area contributed by atoms with Gasteiger partial charge in [-0.1, -0.05) is 45.0 Å². The van der Waals surface area contributed by atoms with Gasteiger partial charge in [-0.05, 0) is 40.9 Å². The molecule has 2 aromatic carbocycles. The van der Waals surface area contributed by atoms with Crippen LogP contribution >= 0.6 is 12.2 Å². The molecule has 1 aromatic heterocycles. The molecule has 0 unspecified atom stereocenters. The van der Waals surface area contributed by atoms with Crippen molar-refractivity contribution in [1.29, 1.82) is 0 Å². The lowest BCUT2D eigenvalue weighted by molar-refractivity contribution is 0.324. The number of rotatable bonds is 6. The summed E-state index contributed by atoms with van der Waals surface area (Å²) >= 11 is 5.37. The summed E-state index contributed by atoms with van der Waals surface area (Å²) in [5.41, 5.74) is 3.04. The van der Waals surface area contributed by atoms with Gasteiger partial charge in [-0.25, -0.2) is 5.10 Å². The van der Waals surface area contributed by atoms with Crippen molar-refractivity contribution in [3.05, 3.63) is 52.3 Å². The van der Waals surface area contributed by atoms with Crippen LogP contribution in [0.3, 0.4) is 0 Å². The van der Waals surface area contributed by atoms with Crippen LogP contribution in [0, 0.1) is 4.77 Å². The number of hydrogen-bond donors (Lipinski definition) is 1. The molecular formula is C22H26N4O3S. The van der Waals surface area contributed by atoms with E-state index < -0.39 is 0 Å². The first kappa shape index (κ1) is 21.6. The van der Waals surface area contributed by atoms with Crippen molar-refractivity contribution in [2.24, 2.45) is 5.10 Å². The Morgan fingerprint density at radius 3 is 2.10 bits per heavy atom. The highest BCUT2D eigenvalue weighted by molar-refractivity contribution is 7.71. The summed E-state index contributed by atoms with van der Waals surface area (Å²) in [7, 11) is 4.69. The van der Waals surface area contributed by atoms with E-state index in [1.165, 1.54) is 5.56 Å². The van der Waals surface area contributed by atoms with Crippen molar-refractivity contribution >= 4 is 18.4 Å². The highest BCUT2D eigenvalue weighted by Crippen LogP contribution is 2.40. The number of H-pyrrole nitrogens is 1. The lowest BCUT2D eigenvalue weighted by Crippen LogP contribution is -2.10. The molecule has 0 radical (unpaired) electrons. The third-order valence-corrected chi connectivity index (χ3v) is 4.94. The molecule has 1 heterocycles. The highest BCUT2D eigenvalue weighted by Gasteiger charge is 2.17. The minimum atomic E-state index is 0.0996. The Labute approximate surface area is 181 Å². The number of aromatic amines is 1. The Kier molecular flexibility index (Phi) is 6.26. The Morgan fingerprint density at radius 1 is 1.00 bits per heavy atom. The predicted octanol–water partition coefficient (Wildman–Crippen LogP) is 4.81. The van der Waals surface area contributed by atoms with Crippen LogP contribution in [0.5, 0.6) is 17.2 Å². The number of ether oxygens (including phenoxy) is 3. The van der Waals surface area contributed by atoms with Gasteiger partial charge in [-0.2, -0.15) is 14.9 Å². The van der Waals surface area contributed by atoms with E-state index in [1.807, 2.05) is 12.1 Å². The molecule has 7 nitrogen and oxygen atoms in total. The summed E-state index contributed by atoms with van der Waals surface area (Å²) in [6.07, 6.45) is 1.75. The molecule has 0 aliphatic rings. The zero-order valence-corrected chi connectivity index (χ0v) is 18.8. The molecule has 1 N–H and O–H groups in total. The SMILES string of the molecule is COc1cc(-c2n[nH]c(=S)n2N=Cc2ccc(C(C)(C)C)cc2)cc(OC)c1OC. The average Bonchev–Trinajstić information content (AvgIpc) is 3.11. The lowest BCUT2D eigenvalue weighted by atomic mass is 9.87. The lowest BCUT2D eigenvalue weighted by Gasteiger charge is -2.18. The molecule has 3 aromatic rings. The maximum absolute atomic E-state index is 5.44. The third kappa shape index (κ3) is 4.38. The van der Waals surface area contributed by atoms with Crippen molar-refractivity contribution in [2.45, 2.75) is 26.2 Å². The highest BCUT2D eigenvalue weighted by atomic mass is 32.1. The second kappa shape index (κ2) is 8.71. The number of nitrogens with one attached hydrogen (secondary N) is 1. The van der Waals surface area contributed by atoms with Gasteiger partial charge in [0.2, 0.25) is 10.5 Å². The Bertz CT molecular complexity index is 1080. The fraction of sp³-hybridized carbons (Fsp3) is 0.318. The van der Waals surface area contributed by atoms with Gasteiger partial charge < -0.3 is 14.2 Å². The fourth-order valence-electron chi connectivity index (χ4n) is 2.99. The van der Waals surface area contributed by atoms with Crippen LogP contribution in [0.25, 0.3) is 11.4 Å². The van der Waals surface area contributed by atoms with Crippen molar-refractivity contribution < 1.29 is 14.2 Å². The van der Waals surface area contributed by atoms with Gasteiger partial charge in [0.1, 0.15) is 0 Å². The minimum Gasteiger partial charge on any atom is -0.493 e. The van der Waals surface area contributed by atoms with Gasteiger partial charge in [0, 0.05) is 5.56 Å². The van der Waals surface area contributed by atoms with E-state index in [4.69, 9.17) is 26.4 Å². The van der Waals surface area contributed by atoms with Crippen LogP contribution in [-0.4, -0.2) is 42.4 Å². The van der Waals surface area contributed by atoms with Crippen LogP contribution in [-0.2, 0) is 5.41 Å². The molecule has 0 aliphatic heterocycles. The van der Waals surface area contributed by atoms with Crippen molar-refractivity contribution in [2.75, 3.05) is 21.3 Å². The largest absolute Gasteiger partial charge is 0.493 e. The van der Waals surface area contributed by atoms with Crippen molar-refractivity contribution in [3.63, 3.8) is 0 Å². The smallest absolute Gasteiger partial charge is 0.216 e. The molecule has 158 valence electrons. The molecule has 0 aliphatic carbocycles. The number of aromatic nitrogens is 3. The quantitative estimate of drug-likeness (QED) is 0.452. The van der Waals surface area contributed by atoms with Gasteiger partial charge in [0.05, 0.1) is 27.5 Å². The Hall–Kier alpha value is -3.13. The first-order valence-corrected chi connectivity index (χ1v) is 9.82. The Balaban J connectivity index is 2.00. The second-order valence-corrected chi connectivity index (χ2v) is 8.08. The molecule has 0 atom stereocenters. The van der Waals surface area contributed by atoms with E-state index in [0.29, 0.717) is 27.8 Å². The summed E-state index contributed by atoms with van der Waals surface area (Å²) in [5, 5.41) is 11.7. The standard InChI is InChI=1S/C22H26N4O3S/c1-22(2,3)16-9-7-14(8-10-16)13-23-26-20(24-25-21(26)30)15-11-17(27-4)19(29-6)18(12-15)28-5/h7-13H,1-6H3,(H,25,30). The van der Waals surface area contributed by atoms with Crippen LogP contribution < -0.4 is 14.2 Å². The van der Waals surface area contributed by atoms with Gasteiger partial charge in [0.15, 0.2) is 17.3 Å². The van der Waals surface area contributed by atoms with Crippen molar-refractivity contribution in [3.8, 4) is 28.6 Å². The van der Waals surface area contributed by atoms with E-state index in [-0.39, 0.29) is 5.41 Å². The third-order valence-electron chi connectivity index (χ3n) is 4.67. The van der Waals surface area contributed by atoms with Crippen LogP contribution in [0.15, 0.2) is 41.5 Å². The summed E-state index contributed by atoms with van der Waals surface area (Å²) < 4.78 is 18.2. The summed E-state index contributed by atoms with van der Waals surface area (Å²) in [6.45, 7) is 6.56. The van der Waals surface area contributed by atoms with Gasteiger partial charge in [0.25, 0.3) is 0 Å². The van der Waals surface area contributed by atoms with E-state index in [1.54, 1.807) is 44.4 Å². The molecule has 3 rings (SSSR count). The summed E-state index contributed by atoms with van der Waals surface area (Å²) in [4.78, 5) is 0. The van der Waals surface area contributed by atoms with Crippen LogP contribution in [0.2, 0.25) is 0 Å². The maximum Gasteiger partial charge on any atom is 0.216 e. The molecule has 0 spiro atoms. The van der Waals surface area contributed by atoms with Crippen LogP contribution in [0.1, 0.15) is 31.9 Å². The molecule has 0 bridgehead atoms. The number of methoxy groups -OCH3 is 3. The Morgan fingerprint density at radius 2 is 1.60 bits per heavy atom. The normalized spacial score (nSPS) is 11.7. The van der Waals surface area contributed by atoms with E-state index in [0.717, 1.165) is 11.1 Å². The molecular weight excluding hydrogens is 400 g/mol.